The maximum atomic E-state index is 12.4. The minimum atomic E-state index is -4.00. The fraction of sp³-hybridized carbons (Fsp3) is 0.700. The summed E-state index contributed by atoms with van der Waals surface area (Å²) in [6.07, 6.45) is 1.00. The Kier molecular flexibility index (Phi) is 4.72. The molecule has 2 unspecified atom stereocenters. The van der Waals surface area contributed by atoms with Crippen molar-refractivity contribution < 1.29 is 57.8 Å². The van der Waals surface area contributed by atoms with Gasteiger partial charge in [0.05, 0.1) is 24.5 Å². The smallest absolute Gasteiger partial charge is 0.548 e. The number of β-lactam (4-membered cyclic amide) rings is 1. The summed E-state index contributed by atoms with van der Waals surface area (Å²) >= 11 is 0. The second-order valence-electron chi connectivity index (χ2n) is 4.76. The number of hydrogen-bond donors (Lipinski definition) is 1. The van der Waals surface area contributed by atoms with Gasteiger partial charge in [-0.15, -0.1) is 0 Å². The molecule has 2 fully saturated rings. The molecule has 2 aliphatic heterocycles. The van der Waals surface area contributed by atoms with E-state index in [0.29, 0.717) is 0 Å². The van der Waals surface area contributed by atoms with Crippen LogP contribution in [0.2, 0.25) is 0 Å². The number of aliphatic imine (C=N–C) groups is 1. The second kappa shape index (κ2) is 5.38. The van der Waals surface area contributed by atoms with Crippen LogP contribution in [0.5, 0.6) is 0 Å². The van der Waals surface area contributed by atoms with Crippen LogP contribution in [0.15, 0.2) is 4.99 Å². The predicted octanol–water partition coefficient (Wildman–Crippen LogP) is -6.23. The van der Waals surface area contributed by atoms with E-state index in [9.17, 15) is 23.1 Å². The minimum Gasteiger partial charge on any atom is -0.548 e. The van der Waals surface area contributed by atoms with E-state index in [2.05, 4.69) is 4.99 Å². The van der Waals surface area contributed by atoms with Crippen LogP contribution in [0.1, 0.15) is 6.92 Å². The molecule has 8 nitrogen and oxygen atoms in total. The quantitative estimate of drug-likeness (QED) is 0.314. The Morgan fingerprint density at radius 3 is 2.55 bits per heavy atom. The molecule has 10 heteroatoms. The van der Waals surface area contributed by atoms with E-state index in [-0.39, 0.29) is 29.6 Å². The van der Waals surface area contributed by atoms with Crippen LogP contribution in [0.3, 0.4) is 0 Å². The van der Waals surface area contributed by atoms with Gasteiger partial charge in [-0.25, -0.2) is 8.42 Å². The zero-order valence-electron chi connectivity index (χ0n) is 11.3. The zero-order chi connectivity index (χ0) is 14.6. The Bertz CT molecular complexity index is 576. The monoisotopic (exact) mass is 312 g/mol. The molecule has 0 spiro atoms. The van der Waals surface area contributed by atoms with Crippen molar-refractivity contribution in [2.75, 3.05) is 13.7 Å². The number of aliphatic hydroxyl groups excluding tert-OH is 1. The summed E-state index contributed by atoms with van der Waals surface area (Å²) in [5.74, 6) is -3.46. The van der Waals surface area contributed by atoms with Gasteiger partial charge in [-0.1, -0.05) is 0 Å². The van der Waals surface area contributed by atoms with Crippen molar-refractivity contribution in [2.45, 2.75) is 23.1 Å². The molecule has 2 saturated heterocycles. The van der Waals surface area contributed by atoms with E-state index >= 15 is 0 Å². The first kappa shape index (κ1) is 17.6. The largest absolute Gasteiger partial charge is 1.00 e. The third-order valence-corrected chi connectivity index (χ3v) is 6.49. The number of rotatable bonds is 3. The first-order valence-electron chi connectivity index (χ1n) is 5.54. The molecule has 2 aliphatic rings. The Labute approximate surface area is 138 Å². The summed E-state index contributed by atoms with van der Waals surface area (Å²) in [6.45, 7) is 0.550. The maximum Gasteiger partial charge on any atom is 1.00 e. The molecule has 106 valence electrons. The van der Waals surface area contributed by atoms with E-state index < -0.39 is 50.4 Å². The molecule has 1 amide bonds. The van der Waals surface area contributed by atoms with Crippen LogP contribution in [-0.4, -0.2) is 66.3 Å². The third kappa shape index (κ3) is 1.87. The van der Waals surface area contributed by atoms with Crippen LogP contribution in [0, 0.1) is 5.92 Å². The number of amides is 1. The Morgan fingerprint density at radius 1 is 1.60 bits per heavy atom. The van der Waals surface area contributed by atoms with E-state index in [1.165, 1.54) is 14.0 Å². The number of nitrogens with zero attached hydrogens (tertiary/aromatic N) is 2. The van der Waals surface area contributed by atoms with Gasteiger partial charge in [0.25, 0.3) is 0 Å². The van der Waals surface area contributed by atoms with Gasteiger partial charge in [0.15, 0.2) is 9.84 Å². The molecule has 0 radical (unpaired) electrons. The topological polar surface area (TPSA) is 127 Å². The molecule has 0 aromatic rings. The zero-order valence-corrected chi connectivity index (χ0v) is 14.1. The SMILES string of the molecule is CN=C[C@@]1(C)C(C(=O)[O-])N2C(=O)[C@@H](CO)C2S1(=O)=O.[Na+]. The average molecular weight is 312 g/mol. The summed E-state index contributed by atoms with van der Waals surface area (Å²) in [5, 5.41) is 18.9. The molecular weight excluding hydrogens is 299 g/mol. The molecule has 0 aliphatic carbocycles. The van der Waals surface area contributed by atoms with Gasteiger partial charge in [-0.3, -0.25) is 9.79 Å². The van der Waals surface area contributed by atoms with Gasteiger partial charge < -0.3 is 19.9 Å². The maximum absolute atomic E-state index is 12.4. The number of sulfone groups is 1. The number of carbonyl (C=O) groups excluding carboxylic acids is 2. The van der Waals surface area contributed by atoms with Crippen LogP contribution < -0.4 is 34.7 Å². The van der Waals surface area contributed by atoms with Gasteiger partial charge in [0, 0.05) is 13.3 Å². The van der Waals surface area contributed by atoms with Crippen LogP contribution >= 0.6 is 0 Å². The van der Waals surface area contributed by atoms with E-state index in [1.54, 1.807) is 0 Å². The number of carboxylic acids is 1. The number of carboxylic acid groups (broad SMARTS) is 1. The molecule has 0 bridgehead atoms. The first-order valence-corrected chi connectivity index (χ1v) is 7.09. The molecular formula is C10H13N2NaO6S. The summed E-state index contributed by atoms with van der Waals surface area (Å²) in [5.41, 5.74) is 0. The van der Waals surface area contributed by atoms with Crippen molar-refractivity contribution >= 4 is 27.9 Å². The molecule has 2 heterocycles. The number of aliphatic carboxylic acids is 1. The fourth-order valence-corrected chi connectivity index (χ4v) is 5.25. The van der Waals surface area contributed by atoms with Gasteiger partial charge in [0.1, 0.15) is 10.1 Å². The molecule has 2 rings (SSSR count). The second-order valence-corrected chi connectivity index (χ2v) is 7.22. The predicted molar refractivity (Wildman–Crippen MR) is 61.7 cm³/mol. The van der Waals surface area contributed by atoms with Gasteiger partial charge in [-0.2, -0.15) is 0 Å². The molecule has 0 aromatic carbocycles. The van der Waals surface area contributed by atoms with Crippen molar-refractivity contribution in [3.63, 3.8) is 0 Å². The van der Waals surface area contributed by atoms with Crippen molar-refractivity contribution in [3.8, 4) is 0 Å². The molecule has 4 atom stereocenters. The van der Waals surface area contributed by atoms with E-state index in [0.717, 1.165) is 11.1 Å². The van der Waals surface area contributed by atoms with Crippen LogP contribution in [-0.2, 0) is 19.4 Å². The van der Waals surface area contributed by atoms with E-state index in [4.69, 9.17) is 5.11 Å². The standard InChI is InChI=1S/C10H14N2O6S.Na/c1-10(4-11-2)6(9(15)16)12-7(14)5(3-13)8(12)19(10,17)18;/h4-6,8,13H,3H2,1-2H3,(H,15,16);/q;+1/p-1/t5-,6?,8?,10+;/m1./s1. The van der Waals surface area contributed by atoms with Crippen molar-refractivity contribution in [2.24, 2.45) is 10.9 Å². The molecule has 0 saturated carbocycles. The van der Waals surface area contributed by atoms with Crippen molar-refractivity contribution in [3.05, 3.63) is 0 Å². The summed E-state index contributed by atoms with van der Waals surface area (Å²) in [4.78, 5) is 27.3. The normalized spacial score (nSPS) is 38.2. The number of hydrogen-bond acceptors (Lipinski definition) is 7. The number of carbonyl (C=O) groups is 2. The summed E-state index contributed by atoms with van der Waals surface area (Å²) in [7, 11) is -2.69. The molecule has 0 aromatic heterocycles. The van der Waals surface area contributed by atoms with Gasteiger partial charge in [0.2, 0.25) is 5.91 Å². The Hall–Kier alpha value is -0.480. The summed E-state index contributed by atoms with van der Waals surface area (Å²) in [6, 6.07) is -1.62. The Morgan fingerprint density at radius 2 is 2.15 bits per heavy atom. The van der Waals surface area contributed by atoms with Crippen LogP contribution in [0.25, 0.3) is 0 Å². The number of aliphatic hydroxyl groups is 1. The van der Waals surface area contributed by atoms with Crippen LogP contribution in [0.4, 0.5) is 0 Å². The minimum absolute atomic E-state index is 0. The molecule has 1 N–H and O–H groups in total. The van der Waals surface area contributed by atoms with Crippen molar-refractivity contribution in [1.82, 2.24) is 4.90 Å². The van der Waals surface area contributed by atoms with Crippen molar-refractivity contribution in [1.29, 1.82) is 0 Å². The van der Waals surface area contributed by atoms with E-state index in [1.807, 2.05) is 0 Å². The first-order chi connectivity index (χ1) is 8.74. The number of fused-ring (bicyclic) bond motifs is 1. The van der Waals surface area contributed by atoms with Gasteiger partial charge >= 0.3 is 29.6 Å². The Balaban J connectivity index is 0.00000200. The van der Waals surface area contributed by atoms with Gasteiger partial charge in [-0.05, 0) is 6.92 Å². The molecule has 20 heavy (non-hydrogen) atoms. The third-order valence-electron chi connectivity index (χ3n) is 3.75. The fourth-order valence-electron chi connectivity index (χ4n) is 2.80. The summed E-state index contributed by atoms with van der Waals surface area (Å²) < 4.78 is 23.0. The average Bonchev–Trinajstić information content (AvgIpc) is 2.45.